The molecule has 3 nitrogen and oxygen atoms in total. The van der Waals surface area contributed by atoms with Gasteiger partial charge in [0.25, 0.3) is 0 Å². The van der Waals surface area contributed by atoms with Gasteiger partial charge in [0, 0.05) is 6.08 Å². The summed E-state index contributed by atoms with van der Waals surface area (Å²) in [7, 11) is 0. The van der Waals surface area contributed by atoms with E-state index >= 15 is 0 Å². The van der Waals surface area contributed by atoms with Crippen molar-refractivity contribution in [1.82, 2.24) is 4.98 Å². The molecule has 92 valence electrons. The van der Waals surface area contributed by atoms with E-state index in [-0.39, 0.29) is 5.91 Å². The molecule has 0 saturated carbocycles. The van der Waals surface area contributed by atoms with Crippen molar-refractivity contribution < 1.29 is 4.79 Å². The monoisotopic (exact) mass is 322 g/mol. The maximum Gasteiger partial charge on any atom is 0.248 e. The summed E-state index contributed by atoms with van der Waals surface area (Å²) in [5.41, 5.74) is 2.72. The van der Waals surface area contributed by atoms with E-state index < -0.39 is 0 Å². The van der Waals surface area contributed by atoms with Crippen LogP contribution in [-0.2, 0) is 4.79 Å². The molecule has 0 aliphatic carbocycles. The minimum atomic E-state index is -0.159. The molecule has 0 aliphatic heterocycles. The second-order valence-electron chi connectivity index (χ2n) is 3.70. The number of hydrogen-bond donors (Lipinski definition) is 1. The molecule has 0 aliphatic rings. The number of carbonyl (C=O) groups excluding carboxylic acids is 1. The summed E-state index contributed by atoms with van der Waals surface area (Å²) in [6, 6.07) is 3.82. The van der Waals surface area contributed by atoms with Gasteiger partial charge in [-0.1, -0.05) is 0 Å². The van der Waals surface area contributed by atoms with Gasteiger partial charge in [-0.05, 0) is 62.9 Å². The average Bonchev–Trinajstić information content (AvgIpc) is 2.83. The van der Waals surface area contributed by atoms with Crippen LogP contribution in [0.1, 0.15) is 11.1 Å². The van der Waals surface area contributed by atoms with Crippen LogP contribution < -0.4 is 5.32 Å². The van der Waals surface area contributed by atoms with Crippen molar-refractivity contribution in [1.29, 1.82) is 0 Å². The fourth-order valence-corrected chi connectivity index (χ4v) is 2.44. The molecule has 0 fully saturated rings. The fourth-order valence-electron chi connectivity index (χ4n) is 1.37. The largest absolute Gasteiger partial charge is 0.321 e. The third-order valence-corrected chi connectivity index (χ3v) is 3.44. The Kier molecular flexibility index (Phi) is 4.28. The molecule has 0 aromatic carbocycles. The Morgan fingerprint density at radius 1 is 1.56 bits per heavy atom. The number of pyridine rings is 1. The quantitative estimate of drug-likeness (QED) is 0.688. The van der Waals surface area contributed by atoms with Crippen LogP contribution in [0.2, 0.25) is 0 Å². The van der Waals surface area contributed by atoms with E-state index in [9.17, 15) is 4.79 Å². The zero-order chi connectivity index (χ0) is 13.0. The van der Waals surface area contributed by atoms with Crippen molar-refractivity contribution in [3.63, 3.8) is 0 Å². The molecule has 0 radical (unpaired) electrons. The van der Waals surface area contributed by atoms with E-state index in [2.05, 4.69) is 26.2 Å². The number of aryl methyl sites for hydroxylation is 1. The standard InChI is InChI=1S/C13H11BrN2OS/c1-9-6-12(14)15-7-11(9)16-13(17)3-2-10-4-5-18-8-10/h2-8H,1H3,(H,16,17)/b3-2+. The number of nitrogens with zero attached hydrogens (tertiary/aromatic N) is 1. The highest BCUT2D eigenvalue weighted by Crippen LogP contribution is 2.17. The molecular weight excluding hydrogens is 312 g/mol. The first-order valence-corrected chi connectivity index (χ1v) is 7.02. The Labute approximate surface area is 118 Å². The van der Waals surface area contributed by atoms with Crippen LogP contribution >= 0.6 is 27.3 Å². The number of aromatic nitrogens is 1. The van der Waals surface area contributed by atoms with Gasteiger partial charge in [0.2, 0.25) is 5.91 Å². The predicted molar refractivity (Wildman–Crippen MR) is 78.7 cm³/mol. The summed E-state index contributed by atoms with van der Waals surface area (Å²) < 4.78 is 0.756. The molecule has 0 bridgehead atoms. The lowest BCUT2D eigenvalue weighted by atomic mass is 10.2. The van der Waals surface area contributed by atoms with Gasteiger partial charge in [-0.25, -0.2) is 4.98 Å². The molecular formula is C13H11BrN2OS. The molecule has 0 spiro atoms. The molecule has 2 aromatic rings. The minimum absolute atomic E-state index is 0.159. The Morgan fingerprint density at radius 3 is 3.06 bits per heavy atom. The van der Waals surface area contributed by atoms with Gasteiger partial charge >= 0.3 is 0 Å². The van der Waals surface area contributed by atoms with Crippen molar-refractivity contribution >= 4 is 44.9 Å². The summed E-state index contributed by atoms with van der Waals surface area (Å²) in [5, 5.41) is 6.75. The molecule has 5 heteroatoms. The molecule has 2 rings (SSSR count). The highest BCUT2D eigenvalue weighted by molar-refractivity contribution is 9.10. The number of anilines is 1. The Balaban J connectivity index is 2.03. The number of amides is 1. The van der Waals surface area contributed by atoms with Crippen molar-refractivity contribution in [2.75, 3.05) is 5.32 Å². The van der Waals surface area contributed by atoms with Gasteiger partial charge < -0.3 is 5.32 Å². The van der Waals surface area contributed by atoms with Gasteiger partial charge in [0.1, 0.15) is 4.60 Å². The molecule has 0 unspecified atom stereocenters. The highest BCUT2D eigenvalue weighted by atomic mass is 79.9. The van der Waals surface area contributed by atoms with Crippen LogP contribution in [0.4, 0.5) is 5.69 Å². The summed E-state index contributed by atoms with van der Waals surface area (Å²) in [6.07, 6.45) is 4.94. The van der Waals surface area contributed by atoms with Crippen molar-refractivity contribution in [2.24, 2.45) is 0 Å². The third-order valence-electron chi connectivity index (χ3n) is 2.31. The van der Waals surface area contributed by atoms with Crippen LogP contribution in [0.3, 0.4) is 0 Å². The Morgan fingerprint density at radius 2 is 2.39 bits per heavy atom. The first-order valence-electron chi connectivity index (χ1n) is 5.28. The van der Waals surface area contributed by atoms with Crippen molar-refractivity contribution in [3.05, 3.63) is 50.9 Å². The van der Waals surface area contributed by atoms with E-state index in [1.54, 1.807) is 23.6 Å². The zero-order valence-corrected chi connectivity index (χ0v) is 12.1. The Bertz CT molecular complexity index is 579. The normalized spacial score (nSPS) is 10.8. The predicted octanol–water partition coefficient (Wildman–Crippen LogP) is 3.87. The SMILES string of the molecule is Cc1cc(Br)ncc1NC(=O)/C=C/c1ccsc1. The second-order valence-corrected chi connectivity index (χ2v) is 5.29. The number of carbonyl (C=O) groups is 1. The molecule has 0 atom stereocenters. The first kappa shape index (κ1) is 13.0. The molecule has 1 N–H and O–H groups in total. The van der Waals surface area contributed by atoms with Gasteiger partial charge in [-0.3, -0.25) is 4.79 Å². The van der Waals surface area contributed by atoms with Crippen LogP contribution in [0.15, 0.2) is 39.8 Å². The zero-order valence-electron chi connectivity index (χ0n) is 9.68. The average molecular weight is 323 g/mol. The van der Waals surface area contributed by atoms with Crippen LogP contribution in [0.25, 0.3) is 6.08 Å². The smallest absolute Gasteiger partial charge is 0.248 e. The van der Waals surface area contributed by atoms with Crippen LogP contribution in [0.5, 0.6) is 0 Å². The van der Waals surface area contributed by atoms with Crippen molar-refractivity contribution in [2.45, 2.75) is 6.92 Å². The number of thiophene rings is 1. The fraction of sp³-hybridized carbons (Fsp3) is 0.0769. The van der Waals surface area contributed by atoms with Gasteiger partial charge in [-0.15, -0.1) is 0 Å². The molecule has 1 amide bonds. The molecule has 2 aromatic heterocycles. The lowest BCUT2D eigenvalue weighted by Crippen LogP contribution is -2.09. The number of nitrogens with one attached hydrogen (secondary N) is 1. The number of hydrogen-bond acceptors (Lipinski definition) is 3. The molecule has 2 heterocycles. The molecule has 0 saturated heterocycles. The van der Waals surface area contributed by atoms with Crippen molar-refractivity contribution in [3.8, 4) is 0 Å². The number of halogens is 1. The summed E-state index contributed by atoms with van der Waals surface area (Å²) >= 11 is 4.88. The van der Waals surface area contributed by atoms with Gasteiger partial charge in [0.05, 0.1) is 11.9 Å². The third kappa shape index (κ3) is 3.51. The van der Waals surface area contributed by atoms with E-state index in [1.807, 2.05) is 29.8 Å². The summed E-state index contributed by atoms with van der Waals surface area (Å²) in [6.45, 7) is 1.92. The van der Waals surface area contributed by atoms with Crippen LogP contribution in [-0.4, -0.2) is 10.9 Å². The topological polar surface area (TPSA) is 42.0 Å². The molecule has 18 heavy (non-hydrogen) atoms. The maximum absolute atomic E-state index is 11.7. The number of rotatable bonds is 3. The first-order chi connectivity index (χ1) is 8.65. The van der Waals surface area contributed by atoms with E-state index in [1.165, 1.54) is 6.08 Å². The van der Waals surface area contributed by atoms with Gasteiger partial charge in [-0.2, -0.15) is 11.3 Å². The van der Waals surface area contributed by atoms with Gasteiger partial charge in [0.15, 0.2) is 0 Å². The Hall–Kier alpha value is -1.46. The lowest BCUT2D eigenvalue weighted by molar-refractivity contribution is -0.111. The second kappa shape index (κ2) is 5.93. The van der Waals surface area contributed by atoms with Crippen LogP contribution in [0, 0.1) is 6.92 Å². The lowest BCUT2D eigenvalue weighted by Gasteiger charge is -2.05. The van der Waals surface area contributed by atoms with E-state index in [0.717, 1.165) is 21.4 Å². The van der Waals surface area contributed by atoms with E-state index in [0.29, 0.717) is 0 Å². The maximum atomic E-state index is 11.7. The summed E-state index contributed by atoms with van der Waals surface area (Å²) in [4.78, 5) is 15.8. The van der Waals surface area contributed by atoms with E-state index in [4.69, 9.17) is 0 Å². The summed E-state index contributed by atoms with van der Waals surface area (Å²) in [5.74, 6) is -0.159. The minimum Gasteiger partial charge on any atom is -0.321 e. The highest BCUT2D eigenvalue weighted by Gasteiger charge is 2.02.